The van der Waals surface area contributed by atoms with Crippen LogP contribution in [0.5, 0.6) is 0 Å². The van der Waals surface area contributed by atoms with E-state index in [0.29, 0.717) is 4.47 Å². The molecule has 0 spiro atoms. The standard InChI is InChI=1S/C11H13BrFNS/c1-11(2)10(14)6-3-4-8(13)9(12)7(6)5-15-11/h3-4,10H,5,14H2,1-2H3. The zero-order valence-electron chi connectivity index (χ0n) is 8.68. The van der Waals surface area contributed by atoms with Crippen molar-refractivity contribution in [2.75, 3.05) is 0 Å². The Labute approximate surface area is 102 Å². The first-order valence-electron chi connectivity index (χ1n) is 4.80. The van der Waals surface area contributed by atoms with Crippen molar-refractivity contribution >= 4 is 27.7 Å². The van der Waals surface area contributed by atoms with E-state index in [9.17, 15) is 4.39 Å². The van der Waals surface area contributed by atoms with E-state index in [2.05, 4.69) is 29.8 Å². The molecule has 0 saturated carbocycles. The fourth-order valence-corrected chi connectivity index (χ4v) is 3.59. The summed E-state index contributed by atoms with van der Waals surface area (Å²) in [5.41, 5.74) is 8.25. The maximum Gasteiger partial charge on any atom is 0.137 e. The van der Waals surface area contributed by atoms with Gasteiger partial charge in [0.05, 0.1) is 4.47 Å². The van der Waals surface area contributed by atoms with Crippen LogP contribution in [-0.2, 0) is 5.75 Å². The third-order valence-corrected chi connectivity index (χ3v) is 5.19. The minimum atomic E-state index is -0.207. The number of benzene rings is 1. The lowest BCUT2D eigenvalue weighted by Crippen LogP contribution is -2.36. The molecule has 0 radical (unpaired) electrons. The maximum absolute atomic E-state index is 13.3. The van der Waals surface area contributed by atoms with Gasteiger partial charge in [-0.05, 0) is 47.0 Å². The lowest BCUT2D eigenvalue weighted by molar-refractivity contribution is 0.546. The topological polar surface area (TPSA) is 26.0 Å². The number of hydrogen-bond donors (Lipinski definition) is 1. The van der Waals surface area contributed by atoms with Gasteiger partial charge in [0.2, 0.25) is 0 Å². The maximum atomic E-state index is 13.3. The number of thioether (sulfide) groups is 1. The number of nitrogens with two attached hydrogens (primary N) is 1. The molecule has 4 heteroatoms. The van der Waals surface area contributed by atoms with E-state index in [4.69, 9.17) is 5.73 Å². The smallest absolute Gasteiger partial charge is 0.137 e. The van der Waals surface area contributed by atoms with Gasteiger partial charge < -0.3 is 5.73 Å². The first kappa shape index (κ1) is 11.4. The van der Waals surface area contributed by atoms with Gasteiger partial charge in [-0.15, -0.1) is 11.8 Å². The zero-order valence-corrected chi connectivity index (χ0v) is 11.1. The summed E-state index contributed by atoms with van der Waals surface area (Å²) in [6.07, 6.45) is 0. The zero-order chi connectivity index (χ0) is 11.2. The molecule has 1 aromatic rings. The first-order valence-corrected chi connectivity index (χ1v) is 6.57. The van der Waals surface area contributed by atoms with E-state index in [-0.39, 0.29) is 16.6 Å². The molecule has 0 bridgehead atoms. The van der Waals surface area contributed by atoms with E-state index < -0.39 is 0 Å². The Morgan fingerprint density at radius 3 is 2.87 bits per heavy atom. The Morgan fingerprint density at radius 2 is 2.20 bits per heavy atom. The van der Waals surface area contributed by atoms with Crippen molar-refractivity contribution in [3.05, 3.63) is 33.5 Å². The van der Waals surface area contributed by atoms with Gasteiger partial charge in [-0.2, -0.15) is 0 Å². The summed E-state index contributed by atoms with van der Waals surface area (Å²) in [6, 6.07) is 3.25. The van der Waals surface area contributed by atoms with Crippen molar-refractivity contribution in [1.29, 1.82) is 0 Å². The molecule has 0 aromatic heterocycles. The lowest BCUT2D eigenvalue weighted by Gasteiger charge is -2.37. The quantitative estimate of drug-likeness (QED) is 0.790. The normalized spacial score (nSPS) is 23.7. The fourth-order valence-electron chi connectivity index (χ4n) is 1.77. The van der Waals surface area contributed by atoms with Gasteiger partial charge in [-0.1, -0.05) is 6.07 Å². The molecule has 1 aliphatic rings. The summed E-state index contributed by atoms with van der Waals surface area (Å²) in [7, 11) is 0. The summed E-state index contributed by atoms with van der Waals surface area (Å²) < 4.78 is 13.9. The monoisotopic (exact) mass is 289 g/mol. The Hall–Kier alpha value is -0.0600. The molecule has 1 aliphatic heterocycles. The predicted octanol–water partition coefficient (Wildman–Crippen LogP) is 3.61. The van der Waals surface area contributed by atoms with Crippen molar-refractivity contribution in [1.82, 2.24) is 0 Å². The largest absolute Gasteiger partial charge is 0.323 e. The van der Waals surface area contributed by atoms with Crippen LogP contribution in [0.1, 0.15) is 31.0 Å². The molecule has 2 rings (SSSR count). The highest BCUT2D eigenvalue weighted by Gasteiger charge is 2.35. The van der Waals surface area contributed by atoms with E-state index in [1.807, 2.05) is 6.07 Å². The Balaban J connectivity index is 2.55. The van der Waals surface area contributed by atoms with Gasteiger partial charge in [0.15, 0.2) is 0 Å². The van der Waals surface area contributed by atoms with E-state index >= 15 is 0 Å². The molecule has 1 atom stereocenters. The second kappa shape index (κ2) is 3.75. The molecular weight excluding hydrogens is 277 g/mol. The second-order valence-corrected chi connectivity index (χ2v) is 6.72. The van der Waals surface area contributed by atoms with Gasteiger partial charge in [0, 0.05) is 16.5 Å². The molecule has 82 valence electrons. The molecule has 2 N–H and O–H groups in total. The first-order chi connectivity index (χ1) is 6.93. The van der Waals surface area contributed by atoms with E-state index in [1.54, 1.807) is 11.8 Å². The Bertz CT molecular complexity index is 406. The lowest BCUT2D eigenvalue weighted by atomic mass is 9.92. The van der Waals surface area contributed by atoms with Crippen LogP contribution >= 0.6 is 27.7 Å². The summed E-state index contributed by atoms with van der Waals surface area (Å²) >= 11 is 5.06. The van der Waals surface area contributed by atoms with Gasteiger partial charge in [0.25, 0.3) is 0 Å². The van der Waals surface area contributed by atoms with Crippen LogP contribution in [0.4, 0.5) is 4.39 Å². The molecule has 15 heavy (non-hydrogen) atoms. The van der Waals surface area contributed by atoms with Crippen molar-refractivity contribution in [2.45, 2.75) is 30.4 Å². The Morgan fingerprint density at radius 1 is 1.53 bits per heavy atom. The summed E-state index contributed by atoms with van der Waals surface area (Å²) in [4.78, 5) is 0. The number of rotatable bonds is 0. The molecule has 1 unspecified atom stereocenters. The fraction of sp³-hybridized carbons (Fsp3) is 0.455. The molecule has 1 heterocycles. The summed E-state index contributed by atoms with van der Waals surface area (Å²) in [5, 5.41) is 0. The van der Waals surface area contributed by atoms with Crippen LogP contribution in [0.3, 0.4) is 0 Å². The number of fused-ring (bicyclic) bond motifs is 1. The van der Waals surface area contributed by atoms with Crippen LogP contribution in [0.15, 0.2) is 16.6 Å². The molecular formula is C11H13BrFNS. The summed E-state index contributed by atoms with van der Waals surface area (Å²) in [5.74, 6) is 0.607. The predicted molar refractivity (Wildman–Crippen MR) is 66.4 cm³/mol. The van der Waals surface area contributed by atoms with Crippen LogP contribution in [-0.4, -0.2) is 4.75 Å². The highest BCUT2D eigenvalue weighted by molar-refractivity contribution is 9.10. The third-order valence-electron chi connectivity index (χ3n) is 2.90. The Kier molecular flexibility index (Phi) is 2.86. The molecule has 1 nitrogen and oxygen atoms in total. The molecule has 1 aromatic carbocycles. The van der Waals surface area contributed by atoms with E-state index in [0.717, 1.165) is 16.9 Å². The van der Waals surface area contributed by atoms with Crippen molar-refractivity contribution in [3.8, 4) is 0 Å². The average Bonchev–Trinajstić information content (AvgIpc) is 2.17. The SMILES string of the molecule is CC1(C)SCc2c(ccc(F)c2Br)C1N. The molecule has 0 amide bonds. The van der Waals surface area contributed by atoms with Crippen LogP contribution in [0.2, 0.25) is 0 Å². The average molecular weight is 290 g/mol. The highest BCUT2D eigenvalue weighted by atomic mass is 79.9. The van der Waals surface area contributed by atoms with E-state index in [1.165, 1.54) is 6.07 Å². The molecule has 0 fully saturated rings. The minimum Gasteiger partial charge on any atom is -0.323 e. The van der Waals surface area contributed by atoms with Gasteiger partial charge in [-0.25, -0.2) is 4.39 Å². The van der Waals surface area contributed by atoms with Crippen molar-refractivity contribution < 1.29 is 4.39 Å². The van der Waals surface area contributed by atoms with Crippen molar-refractivity contribution in [3.63, 3.8) is 0 Å². The van der Waals surface area contributed by atoms with Gasteiger partial charge >= 0.3 is 0 Å². The highest BCUT2D eigenvalue weighted by Crippen LogP contribution is 2.46. The van der Waals surface area contributed by atoms with Crippen LogP contribution in [0, 0.1) is 5.82 Å². The minimum absolute atomic E-state index is 0.0181. The third kappa shape index (κ3) is 1.83. The van der Waals surface area contributed by atoms with Crippen molar-refractivity contribution in [2.24, 2.45) is 5.73 Å². The second-order valence-electron chi connectivity index (χ2n) is 4.30. The number of hydrogen-bond acceptors (Lipinski definition) is 2. The van der Waals surface area contributed by atoms with Gasteiger partial charge in [0.1, 0.15) is 5.82 Å². The number of halogens is 2. The van der Waals surface area contributed by atoms with Gasteiger partial charge in [-0.3, -0.25) is 0 Å². The molecule has 0 aliphatic carbocycles. The molecule has 0 saturated heterocycles. The van der Waals surface area contributed by atoms with Crippen LogP contribution < -0.4 is 5.73 Å². The van der Waals surface area contributed by atoms with Crippen LogP contribution in [0.25, 0.3) is 0 Å². The summed E-state index contributed by atoms with van der Waals surface area (Å²) in [6.45, 7) is 4.26.